The van der Waals surface area contributed by atoms with Gasteiger partial charge in [-0.1, -0.05) is 97.1 Å². The summed E-state index contributed by atoms with van der Waals surface area (Å²) in [5.41, 5.74) is 6.30. The van der Waals surface area contributed by atoms with Crippen LogP contribution in [0.2, 0.25) is 0 Å². The molecule has 0 bridgehead atoms. The summed E-state index contributed by atoms with van der Waals surface area (Å²) in [4.78, 5) is 10.1. The SMILES string of the molecule is CN1CCN(CCC2(c3ccccc3)COc3cccc4c5c(Oc6cccc7c6c6cccc8c6n7C(CCN6CCN(C)CC6)(c6ccccc6)CO8)cccc5n2c34)CC1. The van der Waals surface area contributed by atoms with Crippen LogP contribution < -0.4 is 14.2 Å². The summed E-state index contributed by atoms with van der Waals surface area (Å²) in [6, 6.07) is 48.4. The lowest BCUT2D eigenvalue weighted by Crippen LogP contribution is -2.49. The van der Waals surface area contributed by atoms with Crippen LogP contribution in [0.25, 0.3) is 43.6 Å². The van der Waals surface area contributed by atoms with Crippen molar-refractivity contribution in [2.24, 2.45) is 0 Å². The van der Waals surface area contributed by atoms with Gasteiger partial charge in [0, 0.05) is 76.2 Å². The van der Waals surface area contributed by atoms with Crippen molar-refractivity contribution >= 4 is 43.6 Å². The molecule has 2 fully saturated rings. The Kier molecular flexibility index (Phi) is 9.52. The molecule has 0 aliphatic carbocycles. The Bertz CT molecular complexity index is 2760. The van der Waals surface area contributed by atoms with Gasteiger partial charge in [0.25, 0.3) is 0 Å². The van der Waals surface area contributed by atoms with Gasteiger partial charge in [0.1, 0.15) is 47.3 Å². The zero-order valence-corrected chi connectivity index (χ0v) is 36.5. The second-order valence-corrected chi connectivity index (χ2v) is 18.5. The molecule has 0 N–H and O–H groups in total. The fourth-order valence-electron chi connectivity index (χ4n) is 11.4. The van der Waals surface area contributed by atoms with Crippen molar-refractivity contribution < 1.29 is 14.2 Å². The van der Waals surface area contributed by atoms with Gasteiger partial charge in [-0.25, -0.2) is 0 Å². The average Bonchev–Trinajstić information content (AvgIpc) is 3.87. The minimum atomic E-state index is -0.415. The highest BCUT2D eigenvalue weighted by Gasteiger charge is 2.44. The molecule has 2 atom stereocenters. The van der Waals surface area contributed by atoms with Crippen LogP contribution in [0.5, 0.6) is 23.0 Å². The molecule has 9 nitrogen and oxygen atoms in total. The molecule has 4 aliphatic heterocycles. The lowest BCUT2D eigenvalue weighted by molar-refractivity contribution is 0.116. The monoisotopic (exact) mass is 836 g/mol. The highest BCUT2D eigenvalue weighted by atomic mass is 16.5. The average molecular weight is 837 g/mol. The molecule has 0 radical (unpaired) electrons. The largest absolute Gasteiger partial charge is 0.489 e. The van der Waals surface area contributed by atoms with E-state index in [0.29, 0.717) is 13.2 Å². The van der Waals surface area contributed by atoms with Crippen molar-refractivity contribution in [2.75, 3.05) is 92.8 Å². The van der Waals surface area contributed by atoms with Crippen LogP contribution in [0.4, 0.5) is 0 Å². The molecule has 8 aromatic rings. The third-order valence-corrected chi connectivity index (χ3v) is 15.0. The summed E-state index contributed by atoms with van der Waals surface area (Å²) in [7, 11) is 4.46. The van der Waals surface area contributed by atoms with E-state index in [0.717, 1.165) is 145 Å². The van der Waals surface area contributed by atoms with Crippen LogP contribution in [0.15, 0.2) is 133 Å². The molecule has 2 aromatic heterocycles. The van der Waals surface area contributed by atoms with Gasteiger partial charge in [-0.2, -0.15) is 0 Å². The Morgan fingerprint density at radius 3 is 1.30 bits per heavy atom. The van der Waals surface area contributed by atoms with Crippen LogP contribution in [-0.4, -0.2) is 121 Å². The van der Waals surface area contributed by atoms with Crippen LogP contribution in [-0.2, 0) is 11.1 Å². The van der Waals surface area contributed by atoms with E-state index in [1.807, 2.05) is 0 Å². The van der Waals surface area contributed by atoms with Crippen molar-refractivity contribution in [2.45, 2.75) is 23.9 Å². The third kappa shape index (κ3) is 6.26. The summed E-state index contributed by atoms with van der Waals surface area (Å²) in [5, 5.41) is 4.51. The van der Waals surface area contributed by atoms with Gasteiger partial charge in [-0.15, -0.1) is 0 Å². The van der Waals surface area contributed by atoms with E-state index in [4.69, 9.17) is 14.2 Å². The minimum Gasteiger partial charge on any atom is -0.489 e. The Morgan fingerprint density at radius 2 is 0.873 bits per heavy atom. The maximum atomic E-state index is 7.40. The Morgan fingerprint density at radius 1 is 0.460 bits per heavy atom. The zero-order valence-electron chi connectivity index (χ0n) is 36.5. The van der Waals surface area contributed by atoms with Gasteiger partial charge in [0.2, 0.25) is 0 Å². The first-order chi connectivity index (χ1) is 31.0. The van der Waals surface area contributed by atoms with Crippen LogP contribution in [0, 0.1) is 0 Å². The van der Waals surface area contributed by atoms with Gasteiger partial charge < -0.3 is 42.9 Å². The molecule has 0 spiro atoms. The highest BCUT2D eigenvalue weighted by molar-refractivity contribution is 6.15. The predicted octanol–water partition coefficient (Wildman–Crippen LogP) is 9.24. The highest BCUT2D eigenvalue weighted by Crippen LogP contribution is 2.52. The number of fused-ring (bicyclic) bond motifs is 6. The number of para-hydroxylation sites is 2. The minimum absolute atomic E-state index is 0.415. The maximum absolute atomic E-state index is 7.40. The fraction of sp³-hybridized carbons (Fsp3) is 0.333. The lowest BCUT2D eigenvalue weighted by atomic mass is 9.85. The van der Waals surface area contributed by atoms with Crippen molar-refractivity contribution in [1.82, 2.24) is 28.7 Å². The molecule has 6 heterocycles. The molecule has 4 aliphatic rings. The van der Waals surface area contributed by atoms with E-state index in [1.54, 1.807) is 0 Å². The molecular weight excluding hydrogens is 781 g/mol. The predicted molar refractivity (Wildman–Crippen MR) is 254 cm³/mol. The number of benzene rings is 6. The first kappa shape index (κ1) is 38.8. The number of nitrogens with zero attached hydrogens (tertiary/aromatic N) is 6. The summed E-state index contributed by atoms with van der Waals surface area (Å²) in [6.07, 6.45) is 1.86. The number of rotatable bonds is 10. The smallest absolute Gasteiger partial charge is 0.143 e. The second-order valence-electron chi connectivity index (χ2n) is 18.5. The summed E-state index contributed by atoms with van der Waals surface area (Å²) in [6.45, 7) is 11.8. The molecular formula is C54H56N6O3. The van der Waals surface area contributed by atoms with Crippen molar-refractivity contribution in [3.05, 3.63) is 145 Å². The summed E-state index contributed by atoms with van der Waals surface area (Å²) in [5.74, 6) is 3.53. The lowest BCUT2D eigenvalue weighted by Gasteiger charge is -2.42. The number of hydrogen-bond donors (Lipinski definition) is 0. The normalized spacial score (nSPS) is 22.2. The van der Waals surface area contributed by atoms with Gasteiger partial charge in [0.05, 0.1) is 32.8 Å². The summed E-state index contributed by atoms with van der Waals surface area (Å²) < 4.78 is 26.3. The molecule has 6 aromatic carbocycles. The van der Waals surface area contributed by atoms with E-state index in [1.165, 1.54) is 11.1 Å². The molecule has 9 heteroatoms. The Labute approximate surface area is 369 Å². The van der Waals surface area contributed by atoms with Gasteiger partial charge in [0.15, 0.2) is 0 Å². The van der Waals surface area contributed by atoms with Gasteiger partial charge >= 0.3 is 0 Å². The molecule has 0 amide bonds. The Balaban J connectivity index is 1.01. The van der Waals surface area contributed by atoms with E-state index in [-0.39, 0.29) is 0 Å². The Hall–Kier alpha value is -5.84. The van der Waals surface area contributed by atoms with E-state index in [9.17, 15) is 0 Å². The molecule has 12 rings (SSSR count). The molecule has 2 unspecified atom stereocenters. The fourth-order valence-corrected chi connectivity index (χ4v) is 11.4. The van der Waals surface area contributed by atoms with Crippen molar-refractivity contribution in [3.8, 4) is 23.0 Å². The number of piperazine rings is 2. The quantitative estimate of drug-likeness (QED) is 0.136. The van der Waals surface area contributed by atoms with Crippen LogP contribution in [0.3, 0.4) is 0 Å². The van der Waals surface area contributed by atoms with Crippen LogP contribution >= 0.6 is 0 Å². The number of likely N-dealkylation sites (N-methyl/N-ethyl adjacent to an activating group) is 2. The van der Waals surface area contributed by atoms with E-state index >= 15 is 0 Å². The van der Waals surface area contributed by atoms with Crippen molar-refractivity contribution in [3.63, 3.8) is 0 Å². The number of aromatic nitrogens is 2. The van der Waals surface area contributed by atoms with Gasteiger partial charge in [-0.3, -0.25) is 0 Å². The first-order valence-electron chi connectivity index (χ1n) is 23.0. The zero-order chi connectivity index (χ0) is 42.1. The second kappa shape index (κ2) is 15.5. The standard InChI is InChI=1S/C54H56N6O3/c1-55-29-33-57(34-30-55)27-25-53(39-13-5-3-6-14-39)37-61-47-23-9-17-41-49-43(59(53)51(41)47)19-11-21-45(49)63-46-22-12-20-44-50(46)42-18-10-24-48-52(42)60(44)54(38-62-48,40-15-7-4-8-16-40)26-28-58-35-31-56(2)32-36-58/h3-24H,25-38H2,1-2H3. The molecule has 63 heavy (non-hydrogen) atoms. The molecule has 2 saturated heterocycles. The van der Waals surface area contributed by atoms with E-state index in [2.05, 4.69) is 176 Å². The van der Waals surface area contributed by atoms with Crippen LogP contribution in [0.1, 0.15) is 24.0 Å². The first-order valence-corrected chi connectivity index (χ1v) is 23.0. The van der Waals surface area contributed by atoms with Crippen molar-refractivity contribution in [1.29, 1.82) is 0 Å². The topological polar surface area (TPSA) is 50.5 Å². The third-order valence-electron chi connectivity index (χ3n) is 15.0. The van der Waals surface area contributed by atoms with Gasteiger partial charge in [-0.05, 0) is 74.5 Å². The molecule has 0 saturated carbocycles. The number of ether oxygens (including phenoxy) is 3. The maximum Gasteiger partial charge on any atom is 0.143 e. The summed E-state index contributed by atoms with van der Waals surface area (Å²) >= 11 is 0. The van der Waals surface area contributed by atoms with E-state index < -0.39 is 11.1 Å². The molecule has 320 valence electrons. The number of hydrogen-bond acceptors (Lipinski definition) is 7.